The van der Waals surface area contributed by atoms with Gasteiger partial charge in [0.1, 0.15) is 21.5 Å². The molecule has 0 radical (unpaired) electrons. The van der Waals surface area contributed by atoms with E-state index in [1.165, 1.54) is 7.11 Å². The van der Waals surface area contributed by atoms with E-state index >= 15 is 0 Å². The molecule has 1 aliphatic heterocycles. The highest BCUT2D eigenvalue weighted by Crippen LogP contribution is 2.69. The maximum atomic E-state index is 14.3. The van der Waals surface area contributed by atoms with E-state index < -0.39 is 51.3 Å². The number of halogens is 3. The molecule has 3 aromatic carbocycles. The van der Waals surface area contributed by atoms with Crippen molar-refractivity contribution in [1.82, 2.24) is 4.90 Å². The van der Waals surface area contributed by atoms with Crippen molar-refractivity contribution in [3.8, 4) is 5.75 Å². The van der Waals surface area contributed by atoms with E-state index in [-0.39, 0.29) is 0 Å². The molecule has 0 aromatic heterocycles. The molecule has 200 valence electrons. The number of nitrogens with one attached hydrogen (secondary N) is 1. The molecule has 0 unspecified atom stereocenters. The Hall–Kier alpha value is -3.06. The van der Waals surface area contributed by atoms with Crippen LogP contribution in [0.5, 0.6) is 5.75 Å². The van der Waals surface area contributed by atoms with E-state index in [4.69, 9.17) is 39.5 Å². The number of alkyl halides is 2. The first kappa shape index (κ1) is 26.2. The number of rotatable bonds is 5. The smallest absolute Gasteiger partial charge is 0.248 e. The van der Waals surface area contributed by atoms with Crippen molar-refractivity contribution in [1.29, 1.82) is 0 Å². The van der Waals surface area contributed by atoms with Gasteiger partial charge in [0, 0.05) is 5.02 Å². The number of carbonyl (C=O) groups is 3. The van der Waals surface area contributed by atoms with Gasteiger partial charge in [0.25, 0.3) is 0 Å². The third-order valence-electron chi connectivity index (χ3n) is 8.22. The summed E-state index contributed by atoms with van der Waals surface area (Å²) in [6.45, 7) is 3.57. The predicted octanol–water partition coefficient (Wildman–Crippen LogP) is 5.90. The first-order valence-corrected chi connectivity index (χ1v) is 13.8. The lowest BCUT2D eigenvalue weighted by atomic mass is 9.54. The van der Waals surface area contributed by atoms with Crippen LogP contribution >= 0.6 is 34.8 Å². The quantitative estimate of drug-likeness (QED) is 0.300. The molecule has 0 saturated carbocycles. The fraction of sp³-hybridized carbons (Fsp3) is 0.300. The Kier molecular flexibility index (Phi) is 6.03. The van der Waals surface area contributed by atoms with E-state index in [2.05, 4.69) is 5.32 Å². The molecule has 0 spiro atoms. The Morgan fingerprint density at radius 1 is 0.872 bits per heavy atom. The van der Waals surface area contributed by atoms with E-state index in [0.717, 1.165) is 4.90 Å². The first-order chi connectivity index (χ1) is 18.6. The minimum Gasteiger partial charge on any atom is -0.495 e. The molecule has 3 amide bonds. The Labute approximate surface area is 241 Å². The number of anilines is 1. The summed E-state index contributed by atoms with van der Waals surface area (Å²) in [5, 5.41) is 3.21. The standard InChI is InChI=1S/C30H25Cl3N2O4/c1-15(2)25(26(36)34-21-14-16(31)12-13-22(21)39-3)35-27(37)23-24(28(35)38)30(33)18-9-5-4-8-17(18)29(23,32)19-10-6-7-11-20(19)30/h4-15,23-25H,1-3H3,(H,34,36)/t23-,24-,25+,29?,30?/m1/s1. The zero-order valence-electron chi connectivity index (χ0n) is 21.4. The van der Waals surface area contributed by atoms with Crippen molar-refractivity contribution < 1.29 is 19.1 Å². The van der Waals surface area contributed by atoms with Crippen molar-refractivity contribution in [2.24, 2.45) is 17.8 Å². The van der Waals surface area contributed by atoms with E-state index in [1.807, 2.05) is 48.5 Å². The Morgan fingerprint density at radius 2 is 1.33 bits per heavy atom. The second-order valence-electron chi connectivity index (χ2n) is 10.5. The molecular formula is C30H25Cl3N2O4. The Bertz CT molecular complexity index is 1430. The van der Waals surface area contributed by atoms with Gasteiger partial charge in [-0.15, -0.1) is 23.2 Å². The van der Waals surface area contributed by atoms with Crippen LogP contribution in [0.15, 0.2) is 66.7 Å². The fourth-order valence-corrected chi connectivity index (χ4v) is 7.94. The van der Waals surface area contributed by atoms with E-state index in [1.54, 1.807) is 32.0 Å². The van der Waals surface area contributed by atoms with Crippen molar-refractivity contribution in [3.05, 3.63) is 94.0 Å². The summed E-state index contributed by atoms with van der Waals surface area (Å²) in [6.07, 6.45) is 0. The normalized spacial score (nSPS) is 27.2. The molecule has 9 heteroatoms. The summed E-state index contributed by atoms with van der Waals surface area (Å²) in [6, 6.07) is 18.6. The number of ether oxygens (including phenoxy) is 1. The van der Waals surface area contributed by atoms with Crippen molar-refractivity contribution >= 4 is 58.2 Å². The second kappa shape index (κ2) is 8.98. The number of nitrogens with zero attached hydrogens (tertiary/aromatic N) is 1. The van der Waals surface area contributed by atoms with Crippen LogP contribution in [0.1, 0.15) is 36.1 Å². The van der Waals surface area contributed by atoms with Gasteiger partial charge in [-0.1, -0.05) is 74.0 Å². The number of hydrogen-bond acceptors (Lipinski definition) is 4. The molecule has 3 aromatic rings. The third-order valence-corrected chi connectivity index (χ3v) is 9.74. The summed E-state index contributed by atoms with van der Waals surface area (Å²) >= 11 is 21.2. The zero-order chi connectivity index (χ0) is 27.9. The summed E-state index contributed by atoms with van der Waals surface area (Å²) < 4.78 is 5.37. The summed E-state index contributed by atoms with van der Waals surface area (Å²) in [4.78, 5) is 40.9. The highest BCUT2D eigenvalue weighted by atomic mass is 35.5. The van der Waals surface area contributed by atoms with Crippen LogP contribution in [0.3, 0.4) is 0 Å². The third kappa shape index (κ3) is 3.38. The number of imide groups is 1. The van der Waals surface area contributed by atoms with Crippen LogP contribution < -0.4 is 10.1 Å². The fourth-order valence-electron chi connectivity index (χ4n) is 6.67. The summed E-state index contributed by atoms with van der Waals surface area (Å²) in [5.41, 5.74) is 3.16. The van der Waals surface area contributed by atoms with Gasteiger partial charge in [0.15, 0.2) is 0 Å². The summed E-state index contributed by atoms with van der Waals surface area (Å²) in [5.74, 6) is -3.55. The largest absolute Gasteiger partial charge is 0.495 e. The molecule has 1 heterocycles. The van der Waals surface area contributed by atoms with Gasteiger partial charge in [0.05, 0.1) is 24.6 Å². The molecule has 1 fully saturated rings. The number of likely N-dealkylation sites (tertiary alicyclic amines) is 1. The molecule has 4 aliphatic rings. The first-order valence-electron chi connectivity index (χ1n) is 12.7. The zero-order valence-corrected chi connectivity index (χ0v) is 23.6. The van der Waals surface area contributed by atoms with Crippen molar-refractivity contribution in [3.63, 3.8) is 0 Å². The highest BCUT2D eigenvalue weighted by Gasteiger charge is 2.73. The average Bonchev–Trinajstić information content (AvgIpc) is 3.18. The van der Waals surface area contributed by atoms with Gasteiger partial charge in [-0.25, -0.2) is 0 Å². The van der Waals surface area contributed by atoms with Gasteiger partial charge < -0.3 is 10.1 Å². The van der Waals surface area contributed by atoms with Crippen LogP contribution in [-0.4, -0.2) is 35.8 Å². The maximum Gasteiger partial charge on any atom is 0.248 e. The Morgan fingerprint density at radius 3 is 1.74 bits per heavy atom. The van der Waals surface area contributed by atoms with E-state index in [9.17, 15) is 14.4 Å². The molecule has 1 N–H and O–H groups in total. The lowest BCUT2D eigenvalue weighted by molar-refractivity contribution is -0.148. The molecule has 39 heavy (non-hydrogen) atoms. The van der Waals surface area contributed by atoms with E-state index in [0.29, 0.717) is 38.7 Å². The van der Waals surface area contributed by atoms with Crippen LogP contribution in [0, 0.1) is 17.8 Å². The predicted molar refractivity (Wildman–Crippen MR) is 150 cm³/mol. The molecule has 3 aliphatic carbocycles. The number of methoxy groups -OCH3 is 1. The lowest BCUT2D eigenvalue weighted by Gasteiger charge is -2.54. The van der Waals surface area contributed by atoms with Crippen LogP contribution in [0.25, 0.3) is 0 Å². The topological polar surface area (TPSA) is 75.7 Å². The van der Waals surface area contributed by atoms with Gasteiger partial charge in [-0.2, -0.15) is 0 Å². The average molecular weight is 584 g/mol. The van der Waals surface area contributed by atoms with Crippen molar-refractivity contribution in [2.75, 3.05) is 12.4 Å². The number of carbonyl (C=O) groups excluding carboxylic acids is 3. The van der Waals surface area contributed by atoms with Crippen LogP contribution in [-0.2, 0) is 24.1 Å². The van der Waals surface area contributed by atoms with Gasteiger partial charge >= 0.3 is 0 Å². The van der Waals surface area contributed by atoms with Gasteiger partial charge in [-0.05, 0) is 46.4 Å². The van der Waals surface area contributed by atoms with Crippen LogP contribution in [0.4, 0.5) is 5.69 Å². The molecule has 7 rings (SSSR count). The molecule has 1 saturated heterocycles. The van der Waals surface area contributed by atoms with Crippen molar-refractivity contribution in [2.45, 2.75) is 29.6 Å². The molecule has 6 nitrogen and oxygen atoms in total. The lowest BCUT2D eigenvalue weighted by Crippen LogP contribution is -2.57. The SMILES string of the molecule is COc1ccc(Cl)cc1NC(=O)[C@H](C(C)C)N1C(=O)[C@H]2[C@H](C1=O)C1(Cl)c3ccccc3C2(Cl)c2ccccc21. The second-order valence-corrected chi connectivity index (χ2v) is 12.2. The molecular weight excluding hydrogens is 559 g/mol. The van der Waals surface area contributed by atoms with Crippen LogP contribution in [0.2, 0.25) is 5.02 Å². The monoisotopic (exact) mass is 582 g/mol. The minimum absolute atomic E-state index is 0.333. The van der Waals surface area contributed by atoms with Gasteiger partial charge in [-0.3, -0.25) is 19.3 Å². The number of amides is 3. The maximum absolute atomic E-state index is 14.3. The highest BCUT2D eigenvalue weighted by molar-refractivity contribution is 6.36. The minimum atomic E-state index is -1.32. The van der Waals surface area contributed by atoms with Gasteiger partial charge in [0.2, 0.25) is 17.7 Å². The number of hydrogen-bond donors (Lipinski definition) is 1. The Balaban J connectivity index is 1.47. The molecule has 3 atom stereocenters. The number of benzene rings is 3. The molecule has 2 bridgehead atoms. The summed E-state index contributed by atoms with van der Waals surface area (Å²) in [7, 11) is 1.47.